The Morgan fingerprint density at radius 1 is 0.771 bits per heavy atom. The molecule has 5 rings (SSSR count). The van der Waals surface area contributed by atoms with Crippen LogP contribution in [0.1, 0.15) is 35.3 Å². The summed E-state index contributed by atoms with van der Waals surface area (Å²) in [6.45, 7) is 2.58. The van der Waals surface area contributed by atoms with Crippen molar-refractivity contribution >= 4 is 6.08 Å². The number of rotatable bonds is 7. The molecular formula is C31H25F3O. The van der Waals surface area contributed by atoms with Crippen molar-refractivity contribution in [2.24, 2.45) is 0 Å². The van der Waals surface area contributed by atoms with Crippen LogP contribution in [0.25, 0.3) is 28.3 Å². The van der Waals surface area contributed by atoms with Crippen LogP contribution in [0.4, 0.5) is 13.2 Å². The van der Waals surface area contributed by atoms with Crippen LogP contribution in [0.15, 0.2) is 84.9 Å². The lowest BCUT2D eigenvalue weighted by atomic mass is 9.96. The average molecular weight is 471 g/mol. The zero-order valence-corrected chi connectivity index (χ0v) is 19.4. The average Bonchev–Trinajstić information content (AvgIpc) is 3.72. The van der Waals surface area contributed by atoms with Gasteiger partial charge in [0.05, 0.1) is 6.61 Å². The number of halogens is 3. The molecule has 0 amide bonds. The third-order valence-electron chi connectivity index (χ3n) is 6.39. The molecule has 0 radical (unpaired) electrons. The zero-order valence-electron chi connectivity index (χ0n) is 19.4. The van der Waals surface area contributed by atoms with E-state index in [4.69, 9.17) is 4.74 Å². The predicted octanol–water partition coefficient (Wildman–Crippen LogP) is 8.33. The summed E-state index contributed by atoms with van der Waals surface area (Å²) in [4.78, 5) is 0. The quantitative estimate of drug-likeness (QED) is 0.247. The second-order valence-corrected chi connectivity index (χ2v) is 8.78. The summed E-state index contributed by atoms with van der Waals surface area (Å²) in [5.41, 5.74) is 5.20. The van der Waals surface area contributed by atoms with E-state index < -0.39 is 11.6 Å². The maximum atomic E-state index is 15.0. The number of allylic oxidation sites excluding steroid dienone is 1. The van der Waals surface area contributed by atoms with Crippen molar-refractivity contribution in [3.8, 4) is 22.3 Å². The van der Waals surface area contributed by atoms with Gasteiger partial charge in [-0.05, 0) is 59.2 Å². The third kappa shape index (κ3) is 5.08. The molecule has 0 bridgehead atoms. The van der Waals surface area contributed by atoms with Gasteiger partial charge in [0.2, 0.25) is 0 Å². The SMILES string of the molecule is C/C=C/c1ccc(-c2ccc(-c3ccc(CCc4ccc(C5CO5)cc4F)cc3)c(F)c2F)cc1. The largest absolute Gasteiger partial charge is 0.368 e. The van der Waals surface area contributed by atoms with Gasteiger partial charge >= 0.3 is 0 Å². The number of epoxide rings is 1. The molecule has 1 heterocycles. The van der Waals surface area contributed by atoms with Gasteiger partial charge in [0, 0.05) is 11.1 Å². The van der Waals surface area contributed by atoms with Crippen molar-refractivity contribution in [1.82, 2.24) is 0 Å². The number of aryl methyl sites for hydroxylation is 2. The van der Waals surface area contributed by atoms with Crippen molar-refractivity contribution in [2.75, 3.05) is 6.61 Å². The molecule has 1 saturated heterocycles. The van der Waals surface area contributed by atoms with E-state index in [9.17, 15) is 8.78 Å². The molecule has 4 aromatic rings. The molecule has 0 spiro atoms. The second-order valence-electron chi connectivity index (χ2n) is 8.78. The number of hydrogen-bond acceptors (Lipinski definition) is 1. The highest BCUT2D eigenvalue weighted by atomic mass is 19.2. The zero-order chi connectivity index (χ0) is 24.4. The van der Waals surface area contributed by atoms with E-state index in [1.165, 1.54) is 0 Å². The van der Waals surface area contributed by atoms with Gasteiger partial charge in [0.25, 0.3) is 0 Å². The molecule has 1 unspecified atom stereocenters. The first kappa shape index (κ1) is 23.1. The van der Waals surface area contributed by atoms with E-state index in [1.54, 1.807) is 42.5 Å². The molecule has 4 aromatic carbocycles. The fourth-order valence-corrected chi connectivity index (χ4v) is 4.30. The highest BCUT2D eigenvalue weighted by Crippen LogP contribution is 2.33. The molecule has 1 aliphatic rings. The number of benzene rings is 4. The molecule has 176 valence electrons. The highest BCUT2D eigenvalue weighted by Gasteiger charge is 2.25. The topological polar surface area (TPSA) is 12.5 Å². The van der Waals surface area contributed by atoms with E-state index >= 15 is 4.39 Å². The Kier molecular flexibility index (Phi) is 6.56. The van der Waals surface area contributed by atoms with E-state index in [0.717, 1.165) is 16.7 Å². The summed E-state index contributed by atoms with van der Waals surface area (Å²) >= 11 is 0. The smallest absolute Gasteiger partial charge is 0.167 e. The number of ether oxygens (including phenoxy) is 1. The van der Waals surface area contributed by atoms with Crippen LogP contribution in [-0.4, -0.2) is 6.61 Å². The Balaban J connectivity index is 1.30. The molecule has 4 heteroatoms. The van der Waals surface area contributed by atoms with Gasteiger partial charge in [-0.25, -0.2) is 13.2 Å². The van der Waals surface area contributed by atoms with Gasteiger partial charge in [-0.15, -0.1) is 0 Å². The van der Waals surface area contributed by atoms with Crippen LogP contribution in [0, 0.1) is 17.5 Å². The minimum Gasteiger partial charge on any atom is -0.368 e. The molecule has 0 aliphatic carbocycles. The summed E-state index contributed by atoms with van der Waals surface area (Å²) in [5, 5.41) is 0. The molecule has 1 nitrogen and oxygen atoms in total. The van der Waals surface area contributed by atoms with Crippen molar-refractivity contribution in [3.05, 3.63) is 125 Å². The van der Waals surface area contributed by atoms with E-state index in [1.807, 2.05) is 55.5 Å². The molecule has 0 saturated carbocycles. The predicted molar refractivity (Wildman–Crippen MR) is 134 cm³/mol. The Morgan fingerprint density at radius 3 is 1.91 bits per heavy atom. The van der Waals surface area contributed by atoms with E-state index in [2.05, 4.69) is 0 Å². The Labute approximate surface area is 203 Å². The first-order valence-electron chi connectivity index (χ1n) is 11.7. The van der Waals surface area contributed by atoms with Crippen LogP contribution >= 0.6 is 0 Å². The van der Waals surface area contributed by atoms with E-state index in [0.29, 0.717) is 36.1 Å². The maximum absolute atomic E-state index is 15.0. The lowest BCUT2D eigenvalue weighted by Crippen LogP contribution is -1.97. The van der Waals surface area contributed by atoms with Gasteiger partial charge in [0.15, 0.2) is 11.6 Å². The molecular weight excluding hydrogens is 445 g/mol. The fraction of sp³-hybridized carbons (Fsp3) is 0.161. The molecule has 1 atom stereocenters. The molecule has 0 N–H and O–H groups in total. The lowest BCUT2D eigenvalue weighted by Gasteiger charge is -2.10. The third-order valence-corrected chi connectivity index (χ3v) is 6.39. The fourth-order valence-electron chi connectivity index (χ4n) is 4.30. The standard InChI is InChI=1S/C31H25F3O/c1-2-3-20-4-9-22(10-5-20)26-16-17-27(31(34)30(26)33)23-11-6-21(7-12-23)8-13-24-14-15-25(18-28(24)32)29-19-35-29/h2-7,9-12,14-18,29H,8,13,19H2,1H3/b3-2+. The van der Waals surface area contributed by atoms with Crippen molar-refractivity contribution in [1.29, 1.82) is 0 Å². The Bertz CT molecular complexity index is 1370. The summed E-state index contributed by atoms with van der Waals surface area (Å²) in [7, 11) is 0. The first-order valence-corrected chi connectivity index (χ1v) is 11.7. The van der Waals surface area contributed by atoms with Crippen LogP contribution in [-0.2, 0) is 17.6 Å². The monoisotopic (exact) mass is 470 g/mol. The van der Waals surface area contributed by atoms with Gasteiger partial charge in [-0.1, -0.05) is 84.9 Å². The first-order chi connectivity index (χ1) is 17.0. The highest BCUT2D eigenvalue weighted by molar-refractivity contribution is 5.72. The van der Waals surface area contributed by atoms with Crippen molar-refractivity contribution in [3.63, 3.8) is 0 Å². The Hall–Kier alpha value is -3.63. The summed E-state index contributed by atoms with van der Waals surface area (Å²) in [6, 6.07) is 23.2. The minimum absolute atomic E-state index is 0.0363. The van der Waals surface area contributed by atoms with Gasteiger partial charge in [0.1, 0.15) is 11.9 Å². The summed E-state index contributed by atoms with van der Waals surface area (Å²) in [5.74, 6) is -1.95. The molecule has 35 heavy (non-hydrogen) atoms. The van der Waals surface area contributed by atoms with Gasteiger partial charge in [-0.3, -0.25) is 0 Å². The van der Waals surface area contributed by atoms with Crippen LogP contribution < -0.4 is 0 Å². The lowest BCUT2D eigenvalue weighted by molar-refractivity contribution is 0.414. The van der Waals surface area contributed by atoms with Crippen LogP contribution in [0.5, 0.6) is 0 Å². The normalized spacial score (nSPS) is 15.0. The Morgan fingerprint density at radius 2 is 1.37 bits per heavy atom. The maximum Gasteiger partial charge on any atom is 0.167 e. The molecule has 1 fully saturated rings. The van der Waals surface area contributed by atoms with Crippen LogP contribution in [0.2, 0.25) is 0 Å². The van der Waals surface area contributed by atoms with Crippen molar-refractivity contribution < 1.29 is 17.9 Å². The van der Waals surface area contributed by atoms with Crippen molar-refractivity contribution in [2.45, 2.75) is 25.9 Å². The number of hydrogen-bond donors (Lipinski definition) is 0. The van der Waals surface area contributed by atoms with E-state index in [-0.39, 0.29) is 23.0 Å². The minimum atomic E-state index is -0.866. The molecule has 0 aromatic heterocycles. The van der Waals surface area contributed by atoms with Gasteiger partial charge < -0.3 is 4.74 Å². The summed E-state index contributed by atoms with van der Waals surface area (Å²) in [6.07, 6.45) is 5.12. The second kappa shape index (κ2) is 9.93. The van der Waals surface area contributed by atoms with Crippen LogP contribution in [0.3, 0.4) is 0 Å². The summed E-state index contributed by atoms with van der Waals surface area (Å²) < 4.78 is 49.5. The molecule has 1 aliphatic heterocycles. The van der Waals surface area contributed by atoms with Gasteiger partial charge in [-0.2, -0.15) is 0 Å².